The first-order valence-corrected chi connectivity index (χ1v) is 10.5. The van der Waals surface area contributed by atoms with Crippen LogP contribution in [0.2, 0.25) is 0 Å². The number of benzene rings is 1. The van der Waals surface area contributed by atoms with Crippen LogP contribution in [0.1, 0.15) is 18.9 Å². The fourth-order valence-corrected chi connectivity index (χ4v) is 2.86. The van der Waals surface area contributed by atoms with Crippen LogP contribution in [0.4, 0.5) is 0 Å². The molecule has 0 heterocycles. The van der Waals surface area contributed by atoms with Crippen molar-refractivity contribution in [2.24, 2.45) is 5.73 Å². The van der Waals surface area contributed by atoms with Crippen molar-refractivity contribution in [2.45, 2.75) is 37.9 Å². The van der Waals surface area contributed by atoms with Crippen LogP contribution < -0.4 is 21.7 Å². The van der Waals surface area contributed by atoms with E-state index in [4.69, 9.17) is 5.73 Å². The average Bonchev–Trinajstić information content (AvgIpc) is 2.69. The molecular weight excluding hydrogens is 396 g/mol. The van der Waals surface area contributed by atoms with Crippen molar-refractivity contribution in [3.8, 4) is 0 Å². The predicted molar refractivity (Wildman–Crippen MR) is 111 cm³/mol. The van der Waals surface area contributed by atoms with Crippen LogP contribution in [0.3, 0.4) is 0 Å². The molecule has 1 aromatic carbocycles. The topological polar surface area (TPSA) is 151 Å². The van der Waals surface area contributed by atoms with Crippen molar-refractivity contribution in [3.05, 3.63) is 35.9 Å². The zero-order chi connectivity index (χ0) is 21.8. The minimum atomic E-state index is -1.17. The summed E-state index contributed by atoms with van der Waals surface area (Å²) in [4.78, 5) is 47.7. The Morgan fingerprint density at radius 2 is 1.72 bits per heavy atom. The van der Waals surface area contributed by atoms with Gasteiger partial charge in [-0.05, 0) is 30.9 Å². The minimum Gasteiger partial charge on any atom is -0.480 e. The third kappa shape index (κ3) is 9.44. The molecule has 1 aromatic rings. The number of hydrogen-bond acceptors (Lipinski definition) is 6. The summed E-state index contributed by atoms with van der Waals surface area (Å²) in [7, 11) is 0. The molecule has 0 bridgehead atoms. The minimum absolute atomic E-state index is 0.122. The number of thioether (sulfide) groups is 1. The van der Waals surface area contributed by atoms with E-state index in [1.54, 1.807) is 24.3 Å². The largest absolute Gasteiger partial charge is 0.480 e. The summed E-state index contributed by atoms with van der Waals surface area (Å²) < 4.78 is 0. The lowest BCUT2D eigenvalue weighted by molar-refractivity contribution is -0.141. The number of carboxylic acid groups (broad SMARTS) is 1. The van der Waals surface area contributed by atoms with E-state index >= 15 is 0 Å². The molecule has 0 spiro atoms. The quantitative estimate of drug-likeness (QED) is 0.303. The molecule has 0 fully saturated rings. The van der Waals surface area contributed by atoms with Crippen LogP contribution in [0.15, 0.2) is 30.3 Å². The molecule has 0 aromatic heterocycles. The molecule has 6 N–H and O–H groups in total. The van der Waals surface area contributed by atoms with Gasteiger partial charge in [-0.15, -0.1) is 0 Å². The maximum atomic E-state index is 12.4. The Bertz CT molecular complexity index is 699. The van der Waals surface area contributed by atoms with E-state index in [0.29, 0.717) is 12.2 Å². The Balaban J connectivity index is 2.60. The summed E-state index contributed by atoms with van der Waals surface area (Å²) in [5.41, 5.74) is 6.28. The Labute approximate surface area is 174 Å². The summed E-state index contributed by atoms with van der Waals surface area (Å²) in [6.07, 6.45) is 2.37. The Kier molecular flexibility index (Phi) is 10.8. The highest BCUT2D eigenvalue weighted by atomic mass is 32.2. The molecule has 0 radical (unpaired) electrons. The molecule has 1 rings (SSSR count). The van der Waals surface area contributed by atoms with E-state index in [0.717, 1.165) is 5.56 Å². The summed E-state index contributed by atoms with van der Waals surface area (Å²) in [6, 6.07) is 6.19. The number of nitrogens with one attached hydrogen (secondary N) is 3. The van der Waals surface area contributed by atoms with Gasteiger partial charge < -0.3 is 26.8 Å². The van der Waals surface area contributed by atoms with E-state index < -0.39 is 48.4 Å². The summed E-state index contributed by atoms with van der Waals surface area (Å²) in [6.45, 7) is 1.10. The van der Waals surface area contributed by atoms with Gasteiger partial charge >= 0.3 is 5.97 Å². The molecule has 3 unspecified atom stereocenters. The van der Waals surface area contributed by atoms with Crippen molar-refractivity contribution >= 4 is 35.5 Å². The monoisotopic (exact) mass is 424 g/mol. The van der Waals surface area contributed by atoms with E-state index in [-0.39, 0.29) is 6.42 Å². The van der Waals surface area contributed by atoms with E-state index in [1.807, 2.05) is 12.3 Å². The zero-order valence-electron chi connectivity index (χ0n) is 16.5. The van der Waals surface area contributed by atoms with Gasteiger partial charge in [-0.2, -0.15) is 11.8 Å². The fraction of sp³-hybridized carbons (Fsp3) is 0.474. The number of hydrogen-bond donors (Lipinski definition) is 5. The van der Waals surface area contributed by atoms with Crippen molar-refractivity contribution in [1.82, 2.24) is 16.0 Å². The number of carboxylic acids is 1. The molecule has 10 heteroatoms. The fourth-order valence-electron chi connectivity index (χ4n) is 2.39. The normalized spacial score (nSPS) is 13.6. The summed E-state index contributed by atoms with van der Waals surface area (Å²) in [5, 5.41) is 16.7. The summed E-state index contributed by atoms with van der Waals surface area (Å²) in [5.74, 6) is -2.18. The molecule has 0 saturated heterocycles. The van der Waals surface area contributed by atoms with Crippen LogP contribution in [0.25, 0.3) is 0 Å². The van der Waals surface area contributed by atoms with Gasteiger partial charge in [-0.3, -0.25) is 14.4 Å². The Morgan fingerprint density at radius 3 is 2.28 bits per heavy atom. The predicted octanol–water partition coefficient (Wildman–Crippen LogP) is -0.500. The molecule has 0 saturated carbocycles. The van der Waals surface area contributed by atoms with Gasteiger partial charge in [-0.25, -0.2) is 4.79 Å². The molecule has 3 atom stereocenters. The van der Waals surface area contributed by atoms with Crippen LogP contribution in [-0.4, -0.2) is 65.5 Å². The highest BCUT2D eigenvalue weighted by Crippen LogP contribution is 2.04. The molecule has 3 amide bonds. The van der Waals surface area contributed by atoms with E-state index in [2.05, 4.69) is 16.0 Å². The Morgan fingerprint density at radius 1 is 1.07 bits per heavy atom. The molecular formula is C19H28N4O5S. The van der Waals surface area contributed by atoms with Crippen molar-refractivity contribution in [2.75, 3.05) is 18.6 Å². The second kappa shape index (κ2) is 12.8. The second-order valence-corrected chi connectivity index (χ2v) is 7.48. The van der Waals surface area contributed by atoms with E-state index in [1.165, 1.54) is 18.7 Å². The standard InChI is InChI=1S/C19H28N4O5S/c1-12(20)17(25)23-14(8-9-29-2)18(26)21-11-16(24)22-15(19(27)28)10-13-6-4-3-5-7-13/h3-7,12,14-15H,8-11,20H2,1-2H3,(H,21,26)(H,22,24)(H,23,25)(H,27,28). The van der Waals surface area contributed by atoms with Crippen molar-refractivity contribution in [3.63, 3.8) is 0 Å². The van der Waals surface area contributed by atoms with Gasteiger partial charge in [0, 0.05) is 6.42 Å². The first-order valence-electron chi connectivity index (χ1n) is 9.13. The van der Waals surface area contributed by atoms with Crippen LogP contribution in [0.5, 0.6) is 0 Å². The number of carbonyl (C=O) groups excluding carboxylic acids is 3. The zero-order valence-corrected chi connectivity index (χ0v) is 17.3. The van der Waals surface area contributed by atoms with Gasteiger partial charge in [-0.1, -0.05) is 30.3 Å². The lowest BCUT2D eigenvalue weighted by Crippen LogP contribution is -2.53. The Hall–Kier alpha value is -2.59. The molecule has 160 valence electrons. The number of carbonyl (C=O) groups is 4. The van der Waals surface area contributed by atoms with E-state index in [9.17, 15) is 24.3 Å². The van der Waals surface area contributed by atoms with Gasteiger partial charge in [0.05, 0.1) is 12.6 Å². The number of aliphatic carboxylic acids is 1. The summed E-state index contributed by atoms with van der Waals surface area (Å²) >= 11 is 1.51. The van der Waals surface area contributed by atoms with Crippen LogP contribution >= 0.6 is 11.8 Å². The van der Waals surface area contributed by atoms with Crippen LogP contribution in [-0.2, 0) is 25.6 Å². The molecule has 29 heavy (non-hydrogen) atoms. The third-order valence-electron chi connectivity index (χ3n) is 4.00. The molecule has 0 aliphatic heterocycles. The lowest BCUT2D eigenvalue weighted by atomic mass is 10.1. The van der Waals surface area contributed by atoms with Gasteiger partial charge in [0.1, 0.15) is 12.1 Å². The lowest BCUT2D eigenvalue weighted by Gasteiger charge is -2.20. The first-order chi connectivity index (χ1) is 13.7. The average molecular weight is 425 g/mol. The van der Waals surface area contributed by atoms with Gasteiger partial charge in [0.25, 0.3) is 0 Å². The third-order valence-corrected chi connectivity index (χ3v) is 4.64. The van der Waals surface area contributed by atoms with Gasteiger partial charge in [0.2, 0.25) is 17.7 Å². The second-order valence-electron chi connectivity index (χ2n) is 6.50. The molecule has 9 nitrogen and oxygen atoms in total. The van der Waals surface area contributed by atoms with Crippen LogP contribution in [0, 0.1) is 0 Å². The van der Waals surface area contributed by atoms with Gasteiger partial charge in [0.15, 0.2) is 0 Å². The highest BCUT2D eigenvalue weighted by molar-refractivity contribution is 7.98. The number of nitrogens with two attached hydrogens (primary N) is 1. The van der Waals surface area contributed by atoms with Crippen molar-refractivity contribution in [1.29, 1.82) is 0 Å². The first kappa shape index (κ1) is 24.4. The number of rotatable bonds is 12. The van der Waals surface area contributed by atoms with Crippen molar-refractivity contribution < 1.29 is 24.3 Å². The smallest absolute Gasteiger partial charge is 0.326 e. The molecule has 0 aliphatic rings. The molecule has 0 aliphatic carbocycles. The SMILES string of the molecule is CSCCC(NC(=O)C(C)N)C(=O)NCC(=O)NC(Cc1ccccc1)C(=O)O. The maximum absolute atomic E-state index is 12.4. The highest BCUT2D eigenvalue weighted by Gasteiger charge is 2.24. The maximum Gasteiger partial charge on any atom is 0.326 e. The number of amides is 3.